The zero-order chi connectivity index (χ0) is 22.0. The van der Waals surface area contributed by atoms with E-state index >= 15 is 0 Å². The standard InChI is InChI=1S/C24H30N2O5/c1-15-13-19(22-17-7-3-4-8-18(17)24(29)31-20(22)14-15)30-16(2)23(28)25-10-6-12-26-11-5-9-21(26)27/h13-14,16H,3-12H2,1-2H3,(H,25,28)/t16-/m0/s1. The number of carbonyl (C=O) groups is 2. The van der Waals surface area contributed by atoms with E-state index in [2.05, 4.69) is 5.32 Å². The third-order valence-electron chi connectivity index (χ3n) is 6.18. The largest absolute Gasteiger partial charge is 0.480 e. The number of ether oxygens (including phenoxy) is 1. The van der Waals surface area contributed by atoms with Crippen molar-refractivity contribution in [3.63, 3.8) is 0 Å². The number of benzene rings is 1. The molecular formula is C24H30N2O5. The first-order chi connectivity index (χ1) is 14.9. The highest BCUT2D eigenvalue weighted by molar-refractivity contribution is 5.89. The molecule has 1 atom stereocenters. The van der Waals surface area contributed by atoms with Gasteiger partial charge in [0.1, 0.15) is 11.3 Å². The molecule has 0 saturated carbocycles. The van der Waals surface area contributed by atoms with Gasteiger partial charge in [-0.15, -0.1) is 0 Å². The van der Waals surface area contributed by atoms with Crippen molar-refractivity contribution in [2.45, 2.75) is 64.9 Å². The number of nitrogens with one attached hydrogen (secondary N) is 1. The Morgan fingerprint density at radius 3 is 2.68 bits per heavy atom. The number of rotatable bonds is 7. The van der Waals surface area contributed by atoms with Crippen molar-refractivity contribution in [2.24, 2.45) is 0 Å². The van der Waals surface area contributed by atoms with Crippen molar-refractivity contribution in [3.05, 3.63) is 39.2 Å². The lowest BCUT2D eigenvalue weighted by Gasteiger charge is -2.21. The maximum Gasteiger partial charge on any atom is 0.339 e. The SMILES string of the molecule is Cc1cc(O[C@@H](C)C(=O)NCCCN2CCCC2=O)c2c3c(c(=O)oc2c1)CCCC3. The Bertz CT molecular complexity index is 1060. The number of hydrogen-bond acceptors (Lipinski definition) is 5. The molecule has 31 heavy (non-hydrogen) atoms. The molecule has 1 aromatic heterocycles. The van der Waals surface area contributed by atoms with Crippen LogP contribution in [-0.4, -0.2) is 42.5 Å². The van der Waals surface area contributed by atoms with E-state index in [1.165, 1.54) is 0 Å². The minimum atomic E-state index is -0.690. The molecule has 0 radical (unpaired) electrons. The highest BCUT2D eigenvalue weighted by Gasteiger charge is 2.24. The molecule has 2 aliphatic rings. The molecule has 1 N–H and O–H groups in total. The van der Waals surface area contributed by atoms with Crippen molar-refractivity contribution in [3.8, 4) is 5.75 Å². The Morgan fingerprint density at radius 2 is 1.94 bits per heavy atom. The van der Waals surface area contributed by atoms with Crippen LogP contribution in [0.25, 0.3) is 11.0 Å². The molecule has 1 aliphatic heterocycles. The van der Waals surface area contributed by atoms with E-state index in [-0.39, 0.29) is 17.4 Å². The fourth-order valence-electron chi connectivity index (χ4n) is 4.57. The molecule has 166 valence electrons. The molecule has 2 heterocycles. The summed E-state index contributed by atoms with van der Waals surface area (Å²) in [6.07, 6.45) is 5.11. The van der Waals surface area contributed by atoms with Crippen LogP contribution in [-0.2, 0) is 22.4 Å². The Hall–Kier alpha value is -2.83. The van der Waals surface area contributed by atoms with Crippen molar-refractivity contribution >= 4 is 22.8 Å². The summed E-state index contributed by atoms with van der Waals surface area (Å²) < 4.78 is 11.7. The van der Waals surface area contributed by atoms with Gasteiger partial charge in [0, 0.05) is 31.6 Å². The summed E-state index contributed by atoms with van der Waals surface area (Å²) in [5, 5.41) is 3.71. The van der Waals surface area contributed by atoms with E-state index in [4.69, 9.17) is 9.15 Å². The molecule has 1 saturated heterocycles. The van der Waals surface area contributed by atoms with Crippen LogP contribution in [0.2, 0.25) is 0 Å². The van der Waals surface area contributed by atoms with Gasteiger partial charge in [0.25, 0.3) is 5.91 Å². The minimum absolute atomic E-state index is 0.198. The van der Waals surface area contributed by atoms with Crippen molar-refractivity contribution in [1.29, 1.82) is 0 Å². The lowest BCUT2D eigenvalue weighted by Crippen LogP contribution is -2.38. The third kappa shape index (κ3) is 4.60. The molecule has 7 nitrogen and oxygen atoms in total. The molecule has 0 spiro atoms. The van der Waals surface area contributed by atoms with Crippen LogP contribution in [0.15, 0.2) is 21.3 Å². The Morgan fingerprint density at radius 1 is 1.16 bits per heavy atom. The summed E-state index contributed by atoms with van der Waals surface area (Å²) in [7, 11) is 0. The van der Waals surface area contributed by atoms with E-state index in [1.54, 1.807) is 6.92 Å². The molecule has 0 unspecified atom stereocenters. The monoisotopic (exact) mass is 426 g/mol. The number of fused-ring (bicyclic) bond motifs is 3. The fourth-order valence-corrected chi connectivity index (χ4v) is 4.57. The molecule has 2 aromatic rings. The summed E-state index contributed by atoms with van der Waals surface area (Å²) in [5.41, 5.74) is 2.89. The topological polar surface area (TPSA) is 88.9 Å². The maximum atomic E-state index is 12.6. The number of carbonyl (C=O) groups excluding carboxylic acids is 2. The van der Waals surface area contributed by atoms with Crippen LogP contribution in [0.3, 0.4) is 0 Å². The van der Waals surface area contributed by atoms with E-state index < -0.39 is 6.10 Å². The maximum absolute atomic E-state index is 12.6. The first kappa shape index (κ1) is 21.4. The first-order valence-corrected chi connectivity index (χ1v) is 11.3. The summed E-state index contributed by atoms with van der Waals surface area (Å²) in [6.45, 7) is 5.61. The lowest BCUT2D eigenvalue weighted by atomic mass is 9.90. The molecule has 7 heteroatoms. The number of hydrogen-bond donors (Lipinski definition) is 1. The van der Waals surface area contributed by atoms with Gasteiger partial charge in [0.15, 0.2) is 6.10 Å². The molecule has 0 bridgehead atoms. The van der Waals surface area contributed by atoms with Crippen LogP contribution in [0.1, 0.15) is 55.7 Å². The van der Waals surface area contributed by atoms with Gasteiger partial charge in [-0.3, -0.25) is 9.59 Å². The molecule has 1 aromatic carbocycles. The smallest absolute Gasteiger partial charge is 0.339 e. The van der Waals surface area contributed by atoms with Crippen LogP contribution in [0.5, 0.6) is 5.75 Å². The van der Waals surface area contributed by atoms with E-state index in [9.17, 15) is 14.4 Å². The first-order valence-electron chi connectivity index (χ1n) is 11.3. The average Bonchev–Trinajstić information content (AvgIpc) is 3.15. The minimum Gasteiger partial charge on any atom is -0.480 e. The van der Waals surface area contributed by atoms with Gasteiger partial charge in [-0.2, -0.15) is 0 Å². The van der Waals surface area contributed by atoms with Gasteiger partial charge < -0.3 is 19.4 Å². The highest BCUT2D eigenvalue weighted by atomic mass is 16.5. The van der Waals surface area contributed by atoms with E-state index in [1.807, 2.05) is 24.0 Å². The molecule has 4 rings (SSSR count). The summed E-state index contributed by atoms with van der Waals surface area (Å²) in [5.74, 6) is 0.584. The van der Waals surface area contributed by atoms with Gasteiger partial charge in [-0.25, -0.2) is 4.79 Å². The normalized spacial score (nSPS) is 17.0. The van der Waals surface area contributed by atoms with Gasteiger partial charge in [-0.1, -0.05) is 0 Å². The number of aryl methyl sites for hydroxylation is 2. The van der Waals surface area contributed by atoms with Crippen molar-refractivity contribution in [1.82, 2.24) is 10.2 Å². The number of likely N-dealkylation sites (tertiary alicyclic amines) is 1. The van der Waals surface area contributed by atoms with Gasteiger partial charge in [0.05, 0.1) is 5.39 Å². The van der Waals surface area contributed by atoms with Crippen molar-refractivity contribution < 1.29 is 18.7 Å². The van der Waals surface area contributed by atoms with E-state index in [0.717, 1.165) is 67.1 Å². The number of nitrogens with zero attached hydrogens (tertiary/aromatic N) is 1. The molecule has 1 aliphatic carbocycles. The number of amides is 2. The zero-order valence-electron chi connectivity index (χ0n) is 18.3. The predicted octanol–water partition coefficient (Wildman–Crippen LogP) is 2.88. The summed E-state index contributed by atoms with van der Waals surface area (Å²) in [6, 6.07) is 3.75. The van der Waals surface area contributed by atoms with E-state index in [0.29, 0.717) is 30.8 Å². The van der Waals surface area contributed by atoms with Crippen molar-refractivity contribution in [2.75, 3.05) is 19.6 Å². The van der Waals surface area contributed by atoms with Gasteiger partial charge in [-0.05, 0) is 75.6 Å². The predicted molar refractivity (Wildman–Crippen MR) is 117 cm³/mol. The Balaban J connectivity index is 1.45. The zero-order valence-corrected chi connectivity index (χ0v) is 18.3. The van der Waals surface area contributed by atoms with Gasteiger partial charge >= 0.3 is 5.63 Å². The Kier molecular flexibility index (Phi) is 6.30. The second-order valence-electron chi connectivity index (χ2n) is 8.58. The van der Waals surface area contributed by atoms with Crippen LogP contribution in [0, 0.1) is 6.92 Å². The average molecular weight is 427 g/mol. The molecule has 1 fully saturated rings. The van der Waals surface area contributed by atoms with Crippen LogP contribution in [0.4, 0.5) is 0 Å². The lowest BCUT2D eigenvalue weighted by molar-refractivity contribution is -0.127. The quantitative estimate of drug-likeness (QED) is 0.543. The summed E-state index contributed by atoms with van der Waals surface area (Å²) in [4.78, 5) is 38.5. The second kappa shape index (κ2) is 9.12. The van der Waals surface area contributed by atoms with Gasteiger partial charge in [0.2, 0.25) is 5.91 Å². The highest BCUT2D eigenvalue weighted by Crippen LogP contribution is 2.35. The summed E-state index contributed by atoms with van der Waals surface area (Å²) >= 11 is 0. The third-order valence-corrected chi connectivity index (χ3v) is 6.18. The fraction of sp³-hybridized carbons (Fsp3) is 0.542. The van der Waals surface area contributed by atoms with Crippen LogP contribution < -0.4 is 15.7 Å². The molecule has 2 amide bonds. The second-order valence-corrected chi connectivity index (χ2v) is 8.58. The molecular weight excluding hydrogens is 396 g/mol. The Labute approximate surface area is 181 Å². The van der Waals surface area contributed by atoms with Crippen LogP contribution >= 0.6 is 0 Å².